The third-order valence-corrected chi connectivity index (χ3v) is 5.23. The highest BCUT2D eigenvalue weighted by Crippen LogP contribution is 2.36. The highest BCUT2D eigenvalue weighted by Gasteiger charge is 2.28. The van der Waals surface area contributed by atoms with Gasteiger partial charge in [-0.05, 0) is 50.1 Å². The van der Waals surface area contributed by atoms with Gasteiger partial charge in [-0.15, -0.1) is 0 Å². The number of esters is 1. The highest BCUT2D eigenvalue weighted by atomic mass is 35.5. The molecular weight excluding hydrogens is 416 g/mol. The van der Waals surface area contributed by atoms with Crippen LogP contribution in [0.15, 0.2) is 30.3 Å². The van der Waals surface area contributed by atoms with Crippen LogP contribution >= 0.6 is 11.6 Å². The van der Waals surface area contributed by atoms with Crippen molar-refractivity contribution < 1.29 is 28.2 Å². The van der Waals surface area contributed by atoms with Crippen LogP contribution in [0.2, 0.25) is 5.02 Å². The Morgan fingerprint density at radius 2 is 1.90 bits per heavy atom. The van der Waals surface area contributed by atoms with Crippen molar-refractivity contribution in [2.75, 3.05) is 6.61 Å². The summed E-state index contributed by atoms with van der Waals surface area (Å²) in [4.78, 5) is 25.6. The van der Waals surface area contributed by atoms with E-state index in [-0.39, 0.29) is 22.7 Å². The van der Waals surface area contributed by atoms with Crippen LogP contribution in [-0.2, 0) is 9.53 Å². The number of fused-ring (bicyclic) bond motifs is 1. The average Bonchev–Trinajstić information content (AvgIpc) is 2.98. The first-order valence-corrected chi connectivity index (χ1v) is 9.74. The number of halogens is 3. The molecule has 0 bridgehead atoms. The number of hydrogen-bond donors (Lipinski definition) is 1. The number of ether oxygens (including phenoxy) is 1. The Labute approximate surface area is 176 Å². The number of hydrogen-bond acceptors (Lipinski definition) is 4. The van der Waals surface area contributed by atoms with E-state index in [0.717, 1.165) is 12.1 Å². The lowest BCUT2D eigenvalue weighted by Crippen LogP contribution is -2.17. The Morgan fingerprint density at radius 3 is 2.53 bits per heavy atom. The summed E-state index contributed by atoms with van der Waals surface area (Å²) in [7, 11) is 0. The largest absolute Gasteiger partial charge is 0.505 e. The number of benzene rings is 2. The summed E-state index contributed by atoms with van der Waals surface area (Å²) in [5.41, 5.74) is 0.923. The van der Waals surface area contributed by atoms with Crippen molar-refractivity contribution in [2.45, 2.75) is 33.1 Å². The second-order valence-electron chi connectivity index (χ2n) is 6.98. The van der Waals surface area contributed by atoms with Crippen molar-refractivity contribution in [3.8, 4) is 5.75 Å². The first-order valence-electron chi connectivity index (χ1n) is 9.37. The predicted octanol–water partition coefficient (Wildman–Crippen LogP) is 5.33. The summed E-state index contributed by atoms with van der Waals surface area (Å²) in [6, 6.07) is 5.78. The molecule has 0 radical (unpaired) electrons. The maximum Gasteiger partial charge on any atom is 0.313 e. The van der Waals surface area contributed by atoms with E-state index in [0.29, 0.717) is 23.1 Å². The number of carbonyl (C=O) groups is 2. The number of phenols is 1. The van der Waals surface area contributed by atoms with E-state index in [1.807, 2.05) is 6.92 Å². The Morgan fingerprint density at radius 1 is 1.20 bits per heavy atom. The van der Waals surface area contributed by atoms with Gasteiger partial charge in [-0.2, -0.15) is 0 Å². The zero-order valence-corrected chi connectivity index (χ0v) is 17.4. The molecule has 0 aliphatic heterocycles. The fraction of sp³-hybridized carbons (Fsp3) is 0.273. The smallest absolute Gasteiger partial charge is 0.313 e. The molecule has 0 amide bonds. The van der Waals surface area contributed by atoms with Crippen molar-refractivity contribution in [3.63, 3.8) is 0 Å². The van der Waals surface area contributed by atoms with Gasteiger partial charge in [0.05, 0.1) is 23.1 Å². The molecule has 0 saturated carbocycles. The third-order valence-electron chi connectivity index (χ3n) is 4.93. The number of aromatic hydroxyl groups is 1. The first-order chi connectivity index (χ1) is 14.2. The van der Waals surface area contributed by atoms with E-state index in [1.165, 1.54) is 22.8 Å². The maximum atomic E-state index is 14.1. The quantitative estimate of drug-likeness (QED) is 0.550. The molecule has 0 unspecified atom stereocenters. The maximum absolute atomic E-state index is 14.1. The van der Waals surface area contributed by atoms with Crippen LogP contribution in [0.25, 0.3) is 10.9 Å². The minimum absolute atomic E-state index is 0.00172. The minimum Gasteiger partial charge on any atom is -0.505 e. The Bertz CT molecular complexity index is 1160. The monoisotopic (exact) mass is 435 g/mol. The van der Waals surface area contributed by atoms with Gasteiger partial charge in [0.25, 0.3) is 5.91 Å². The van der Waals surface area contributed by atoms with E-state index in [9.17, 15) is 23.5 Å². The Kier molecular flexibility index (Phi) is 6.12. The molecule has 3 rings (SSSR count). The summed E-state index contributed by atoms with van der Waals surface area (Å²) >= 11 is 5.70. The molecule has 0 aliphatic carbocycles. The standard InChI is InChI=1S/C22H20ClF2NO4/c1-4-7-30-22(29)11(2)20-12(3)26(18-10-17(25)19(27)9-14(18)20)21(28)13-5-6-15(23)16(24)8-13/h5-6,8-11,27H,4,7H2,1-3H3/t11-/m1/s1. The van der Waals surface area contributed by atoms with Crippen molar-refractivity contribution in [3.05, 3.63) is 63.8 Å². The summed E-state index contributed by atoms with van der Waals surface area (Å²) in [6.07, 6.45) is 0.645. The number of phenolic OH excluding ortho intramolecular Hbond substituents is 1. The predicted molar refractivity (Wildman–Crippen MR) is 109 cm³/mol. The van der Waals surface area contributed by atoms with Crippen molar-refractivity contribution in [1.29, 1.82) is 0 Å². The number of aromatic nitrogens is 1. The van der Waals surface area contributed by atoms with Crippen molar-refractivity contribution in [1.82, 2.24) is 4.57 Å². The molecule has 0 aliphatic rings. The van der Waals surface area contributed by atoms with Crippen molar-refractivity contribution >= 4 is 34.4 Å². The van der Waals surface area contributed by atoms with E-state index >= 15 is 0 Å². The van der Waals surface area contributed by atoms with Gasteiger partial charge in [-0.1, -0.05) is 18.5 Å². The molecule has 1 heterocycles. The van der Waals surface area contributed by atoms with E-state index in [4.69, 9.17) is 16.3 Å². The molecule has 2 aromatic carbocycles. The van der Waals surface area contributed by atoms with Gasteiger partial charge >= 0.3 is 5.97 Å². The molecule has 3 aromatic rings. The van der Waals surface area contributed by atoms with Crippen LogP contribution in [0, 0.1) is 18.6 Å². The van der Waals surface area contributed by atoms with Gasteiger partial charge in [0.15, 0.2) is 11.6 Å². The minimum atomic E-state index is -0.927. The molecule has 5 nitrogen and oxygen atoms in total. The fourth-order valence-corrected chi connectivity index (χ4v) is 3.58. The van der Waals surface area contributed by atoms with E-state index in [2.05, 4.69) is 0 Å². The zero-order valence-electron chi connectivity index (χ0n) is 16.6. The van der Waals surface area contributed by atoms with Gasteiger partial charge in [0, 0.05) is 22.7 Å². The van der Waals surface area contributed by atoms with Gasteiger partial charge in [0.1, 0.15) is 5.82 Å². The number of rotatable bonds is 5. The van der Waals surface area contributed by atoms with Crippen LogP contribution in [0.5, 0.6) is 5.75 Å². The average molecular weight is 436 g/mol. The topological polar surface area (TPSA) is 68.5 Å². The summed E-state index contributed by atoms with van der Waals surface area (Å²) in [5.74, 6) is -4.22. The van der Waals surface area contributed by atoms with Crippen molar-refractivity contribution in [2.24, 2.45) is 0 Å². The lowest BCUT2D eigenvalue weighted by atomic mass is 9.98. The Hall–Kier alpha value is -2.93. The van der Waals surface area contributed by atoms with Crippen LogP contribution in [0.1, 0.15) is 47.8 Å². The molecular formula is C22H20ClF2NO4. The number of carbonyl (C=O) groups excluding carboxylic acids is 2. The second-order valence-corrected chi connectivity index (χ2v) is 7.39. The Balaban J connectivity index is 2.23. The molecule has 30 heavy (non-hydrogen) atoms. The summed E-state index contributed by atoms with van der Waals surface area (Å²) in [5, 5.41) is 10.1. The molecule has 158 valence electrons. The molecule has 0 saturated heterocycles. The molecule has 1 atom stereocenters. The van der Waals surface area contributed by atoms with Gasteiger partial charge in [-0.25, -0.2) is 8.78 Å². The van der Waals surface area contributed by atoms with Gasteiger partial charge in [0.2, 0.25) is 0 Å². The third kappa shape index (κ3) is 3.77. The number of nitrogens with zero attached hydrogens (tertiary/aromatic N) is 1. The van der Waals surface area contributed by atoms with E-state index in [1.54, 1.807) is 13.8 Å². The fourth-order valence-electron chi connectivity index (χ4n) is 3.46. The lowest BCUT2D eigenvalue weighted by Gasteiger charge is -2.13. The summed E-state index contributed by atoms with van der Waals surface area (Å²) < 4.78 is 34.4. The van der Waals surface area contributed by atoms with Crippen LogP contribution in [0.4, 0.5) is 8.78 Å². The molecule has 0 spiro atoms. The highest BCUT2D eigenvalue weighted by molar-refractivity contribution is 6.30. The molecule has 1 aromatic heterocycles. The molecule has 0 fully saturated rings. The van der Waals surface area contributed by atoms with Gasteiger partial charge in [-0.3, -0.25) is 14.2 Å². The SMILES string of the molecule is CCCOC(=O)[C@H](C)c1c(C)n(C(=O)c2ccc(Cl)c(F)c2)c2cc(F)c(O)cc12. The van der Waals surface area contributed by atoms with Crippen LogP contribution < -0.4 is 0 Å². The summed E-state index contributed by atoms with van der Waals surface area (Å²) in [6.45, 7) is 5.30. The van der Waals surface area contributed by atoms with E-state index < -0.39 is 35.2 Å². The normalized spacial score (nSPS) is 12.2. The lowest BCUT2D eigenvalue weighted by molar-refractivity contribution is -0.145. The van der Waals surface area contributed by atoms with Gasteiger partial charge < -0.3 is 9.84 Å². The van der Waals surface area contributed by atoms with Crippen LogP contribution in [0.3, 0.4) is 0 Å². The van der Waals surface area contributed by atoms with Crippen LogP contribution in [-0.4, -0.2) is 28.2 Å². The zero-order chi connectivity index (χ0) is 22.2. The first kappa shape index (κ1) is 21.8. The molecule has 1 N–H and O–H groups in total. The molecule has 8 heteroatoms. The second kappa shape index (κ2) is 8.44.